The molecule has 0 radical (unpaired) electrons. The number of hydrogen-bond acceptors (Lipinski definition) is 6. The summed E-state index contributed by atoms with van der Waals surface area (Å²) in [4.78, 5) is 27.8. The number of anilines is 2. The molecule has 1 saturated carbocycles. The van der Waals surface area contributed by atoms with Gasteiger partial charge in [-0.2, -0.15) is 12.6 Å². The van der Waals surface area contributed by atoms with E-state index in [0.29, 0.717) is 22.6 Å². The Morgan fingerprint density at radius 2 is 2.03 bits per heavy atom. The van der Waals surface area contributed by atoms with Crippen molar-refractivity contribution in [2.45, 2.75) is 37.0 Å². The fraction of sp³-hybridized carbons (Fsp3) is 0.292. The molecule has 1 N–H and O–H groups in total. The second-order valence-electron chi connectivity index (χ2n) is 8.24. The standard InChI is InChI=1S/C24H22N2O3S3/c27-22(28)12-25-23(29)21(32-24(25)31)11-14-8-9-20-17(10-14)16-5-3-7-19(16)26(20)18-6-2-1-4-15(18)13-30/h1-2,4,6,8-11,16,19,30H,3,5,7,12-13H2,(H,27,28)/b21-11+. The first-order chi connectivity index (χ1) is 15.5. The fourth-order valence-electron chi connectivity index (χ4n) is 5.08. The topological polar surface area (TPSA) is 60.9 Å². The minimum absolute atomic E-state index is 0.287. The zero-order valence-electron chi connectivity index (χ0n) is 17.2. The van der Waals surface area contributed by atoms with E-state index >= 15 is 0 Å². The number of carboxylic acids is 1. The number of aliphatic carboxylic acids is 1. The smallest absolute Gasteiger partial charge is 0.323 e. The highest BCUT2D eigenvalue weighted by atomic mass is 32.2. The van der Waals surface area contributed by atoms with Crippen LogP contribution in [0.1, 0.15) is 41.9 Å². The minimum Gasteiger partial charge on any atom is -0.480 e. The summed E-state index contributed by atoms with van der Waals surface area (Å²) in [6.07, 6.45) is 5.34. The average molecular weight is 483 g/mol. The van der Waals surface area contributed by atoms with Gasteiger partial charge in [-0.25, -0.2) is 0 Å². The van der Waals surface area contributed by atoms with Gasteiger partial charge in [-0.1, -0.05) is 54.7 Å². The summed E-state index contributed by atoms with van der Waals surface area (Å²) in [5.74, 6) is -0.261. The van der Waals surface area contributed by atoms with Gasteiger partial charge in [0.1, 0.15) is 10.9 Å². The minimum atomic E-state index is -1.08. The molecule has 3 aliphatic rings. The Balaban J connectivity index is 1.51. The van der Waals surface area contributed by atoms with Gasteiger partial charge in [0.15, 0.2) is 0 Å². The quantitative estimate of drug-likeness (QED) is 0.347. The van der Waals surface area contributed by atoms with Crippen LogP contribution < -0.4 is 4.90 Å². The van der Waals surface area contributed by atoms with Crippen LogP contribution in [-0.4, -0.2) is 38.8 Å². The Morgan fingerprint density at radius 3 is 2.81 bits per heavy atom. The lowest BCUT2D eigenvalue weighted by molar-refractivity contribution is -0.140. The van der Waals surface area contributed by atoms with Gasteiger partial charge >= 0.3 is 5.97 Å². The summed E-state index contributed by atoms with van der Waals surface area (Å²) in [6.45, 7) is -0.407. The third kappa shape index (κ3) is 3.64. The van der Waals surface area contributed by atoms with Crippen LogP contribution in [-0.2, 0) is 15.3 Å². The molecular formula is C24H22N2O3S3. The third-order valence-electron chi connectivity index (χ3n) is 6.41. The van der Waals surface area contributed by atoms with Gasteiger partial charge in [-0.3, -0.25) is 14.5 Å². The molecule has 1 amide bonds. The number of carbonyl (C=O) groups is 2. The second-order valence-corrected chi connectivity index (χ2v) is 10.2. The van der Waals surface area contributed by atoms with Crippen LogP contribution in [0.3, 0.4) is 0 Å². The molecule has 5 nitrogen and oxygen atoms in total. The molecule has 2 aliphatic heterocycles. The van der Waals surface area contributed by atoms with Crippen molar-refractivity contribution in [3.63, 3.8) is 0 Å². The van der Waals surface area contributed by atoms with Crippen molar-refractivity contribution in [3.8, 4) is 0 Å². The molecule has 2 aromatic rings. The summed E-state index contributed by atoms with van der Waals surface area (Å²) in [5.41, 5.74) is 5.93. The van der Waals surface area contributed by atoms with Crippen molar-refractivity contribution >= 4 is 70.3 Å². The molecule has 32 heavy (non-hydrogen) atoms. The van der Waals surface area contributed by atoms with Crippen molar-refractivity contribution in [1.29, 1.82) is 0 Å². The number of carboxylic acid groups (broad SMARTS) is 1. The van der Waals surface area contributed by atoms with Crippen molar-refractivity contribution in [2.24, 2.45) is 0 Å². The van der Waals surface area contributed by atoms with Crippen LogP contribution in [0.25, 0.3) is 6.08 Å². The Labute approximate surface area is 201 Å². The lowest BCUT2D eigenvalue weighted by Gasteiger charge is -2.29. The first kappa shape index (κ1) is 21.6. The number of thiocarbonyl (C=S) groups is 1. The molecule has 164 valence electrons. The van der Waals surface area contributed by atoms with Crippen molar-refractivity contribution in [3.05, 3.63) is 64.1 Å². The number of thioether (sulfide) groups is 1. The Morgan fingerprint density at radius 1 is 1.22 bits per heavy atom. The maximum absolute atomic E-state index is 12.7. The maximum Gasteiger partial charge on any atom is 0.323 e. The Bertz CT molecular complexity index is 1160. The van der Waals surface area contributed by atoms with Crippen molar-refractivity contribution in [1.82, 2.24) is 4.90 Å². The number of para-hydroxylation sites is 1. The molecule has 2 atom stereocenters. The van der Waals surface area contributed by atoms with Crippen LogP contribution in [0.2, 0.25) is 0 Å². The Hall–Kier alpha value is -2.29. The molecule has 2 heterocycles. The first-order valence-corrected chi connectivity index (χ1v) is 12.4. The van der Waals surface area contributed by atoms with Crippen LogP contribution >= 0.6 is 36.6 Å². The monoisotopic (exact) mass is 482 g/mol. The predicted octanol–water partition coefficient (Wildman–Crippen LogP) is 5.19. The molecule has 8 heteroatoms. The molecule has 0 aromatic heterocycles. The summed E-state index contributed by atoms with van der Waals surface area (Å²) in [6, 6.07) is 15.3. The summed E-state index contributed by atoms with van der Waals surface area (Å²) in [7, 11) is 0. The van der Waals surface area contributed by atoms with Crippen LogP contribution in [0.15, 0.2) is 47.4 Å². The maximum atomic E-state index is 12.7. The number of carbonyl (C=O) groups excluding carboxylic acids is 1. The van der Waals surface area contributed by atoms with Crippen molar-refractivity contribution in [2.75, 3.05) is 11.4 Å². The molecule has 5 rings (SSSR count). The second kappa shape index (κ2) is 8.57. The van der Waals surface area contributed by atoms with E-state index in [4.69, 9.17) is 17.3 Å². The lowest BCUT2D eigenvalue weighted by Crippen LogP contribution is -2.33. The predicted molar refractivity (Wildman–Crippen MR) is 136 cm³/mol. The summed E-state index contributed by atoms with van der Waals surface area (Å²) >= 11 is 10.9. The van der Waals surface area contributed by atoms with E-state index in [1.165, 1.54) is 28.9 Å². The van der Waals surface area contributed by atoms with Gasteiger partial charge in [-0.15, -0.1) is 0 Å². The van der Waals surface area contributed by atoms with Gasteiger partial charge in [0.25, 0.3) is 5.91 Å². The first-order valence-electron chi connectivity index (χ1n) is 10.6. The third-order valence-corrected chi connectivity index (χ3v) is 8.13. The van der Waals surface area contributed by atoms with Crippen LogP contribution in [0.5, 0.6) is 0 Å². The van der Waals surface area contributed by atoms with Gasteiger partial charge in [-0.05, 0) is 53.8 Å². The van der Waals surface area contributed by atoms with E-state index in [0.717, 1.165) is 35.1 Å². The largest absolute Gasteiger partial charge is 0.480 e. The molecule has 0 spiro atoms. The van der Waals surface area contributed by atoms with Gasteiger partial charge in [0.2, 0.25) is 0 Å². The van der Waals surface area contributed by atoms with Gasteiger partial charge in [0.05, 0.1) is 4.91 Å². The zero-order chi connectivity index (χ0) is 22.4. The fourth-order valence-corrected chi connectivity index (χ4v) is 6.60. The normalized spacial score (nSPS) is 23.2. The summed E-state index contributed by atoms with van der Waals surface area (Å²) in [5, 5.41) is 9.04. The van der Waals surface area contributed by atoms with E-state index in [9.17, 15) is 9.59 Å². The molecule has 1 saturated heterocycles. The number of thiol groups is 1. The molecule has 0 bridgehead atoms. The zero-order valence-corrected chi connectivity index (χ0v) is 19.8. The molecular weight excluding hydrogens is 460 g/mol. The average Bonchev–Trinajstić information content (AvgIpc) is 3.43. The van der Waals surface area contributed by atoms with E-state index in [1.54, 1.807) is 0 Å². The van der Waals surface area contributed by atoms with E-state index in [-0.39, 0.29) is 10.2 Å². The highest BCUT2D eigenvalue weighted by Crippen LogP contribution is 2.53. The number of fused-ring (bicyclic) bond motifs is 3. The van der Waals surface area contributed by atoms with Crippen LogP contribution in [0.4, 0.5) is 11.4 Å². The summed E-state index contributed by atoms with van der Waals surface area (Å²) < 4.78 is 0.287. The van der Waals surface area contributed by atoms with Gasteiger partial charge < -0.3 is 10.0 Å². The highest BCUT2D eigenvalue weighted by Gasteiger charge is 2.42. The molecule has 2 fully saturated rings. The molecule has 2 aromatic carbocycles. The highest BCUT2D eigenvalue weighted by molar-refractivity contribution is 8.26. The van der Waals surface area contributed by atoms with Crippen molar-refractivity contribution < 1.29 is 14.7 Å². The number of amides is 1. The molecule has 2 unspecified atom stereocenters. The number of hydrogen-bond donors (Lipinski definition) is 2. The number of rotatable bonds is 5. The Kier molecular flexibility index (Phi) is 5.77. The molecule has 1 aliphatic carbocycles. The van der Waals surface area contributed by atoms with Crippen LogP contribution in [0, 0.1) is 0 Å². The number of nitrogens with zero attached hydrogens (tertiary/aromatic N) is 2. The number of benzene rings is 2. The van der Waals surface area contributed by atoms with E-state index in [2.05, 4.69) is 53.9 Å². The van der Waals surface area contributed by atoms with E-state index in [1.807, 2.05) is 12.1 Å². The van der Waals surface area contributed by atoms with Gasteiger partial charge in [0, 0.05) is 29.1 Å². The lowest BCUT2D eigenvalue weighted by atomic mass is 9.96. The van der Waals surface area contributed by atoms with E-state index < -0.39 is 12.5 Å². The SMILES string of the molecule is O=C(O)CN1C(=O)/C(=C\c2ccc3c(c2)C2CCCC2N3c2ccccc2CS)SC1=S.